The van der Waals surface area contributed by atoms with Gasteiger partial charge in [0.25, 0.3) is 0 Å². The maximum absolute atomic E-state index is 10.1. The van der Waals surface area contributed by atoms with Crippen LogP contribution in [0, 0.1) is 34.2 Å². The van der Waals surface area contributed by atoms with E-state index in [0.29, 0.717) is 13.0 Å². The number of nitro groups is 1. The molecule has 0 amide bonds. The lowest BCUT2D eigenvalue weighted by molar-refractivity contribution is -2.00. The standard InChI is InChI=1S/C10H15N2O2.ClHO4/c1-9-4-7-11(10(2)8-9)5-3-6-12(13)14;2-1(3,4)5/h4,7-8H,3,5-6H2,1-2H3;(H,2,3,4,5)/q+1;/p-1. The fraction of sp³-hybridized carbons (Fsp3) is 0.500. The smallest absolute Gasteiger partial charge is 0.209 e. The highest BCUT2D eigenvalue weighted by Gasteiger charge is 2.07. The molecule has 0 spiro atoms. The van der Waals surface area contributed by atoms with Gasteiger partial charge in [-0.05, 0) is 12.5 Å². The van der Waals surface area contributed by atoms with E-state index in [1.165, 1.54) is 5.56 Å². The van der Waals surface area contributed by atoms with E-state index in [1.54, 1.807) is 0 Å². The van der Waals surface area contributed by atoms with Crippen LogP contribution in [-0.2, 0) is 6.54 Å². The summed E-state index contributed by atoms with van der Waals surface area (Å²) in [7, 11) is -4.94. The van der Waals surface area contributed by atoms with Crippen molar-refractivity contribution in [3.8, 4) is 0 Å². The maximum atomic E-state index is 10.1. The average Bonchev–Trinajstić information content (AvgIpc) is 2.18. The molecule has 1 rings (SSSR count). The van der Waals surface area contributed by atoms with Gasteiger partial charge in [0.15, 0.2) is 18.4 Å². The summed E-state index contributed by atoms with van der Waals surface area (Å²) in [4.78, 5) is 9.85. The summed E-state index contributed by atoms with van der Waals surface area (Å²) in [5.74, 6) is 0. The Hall–Kier alpha value is -1.32. The predicted molar refractivity (Wildman–Crippen MR) is 52.6 cm³/mol. The Morgan fingerprint density at radius 1 is 1.26 bits per heavy atom. The lowest BCUT2D eigenvalue weighted by atomic mass is 10.2. The van der Waals surface area contributed by atoms with Crippen molar-refractivity contribution >= 4 is 0 Å². The first-order valence-electron chi connectivity index (χ1n) is 5.30. The number of aryl methyl sites for hydroxylation is 3. The van der Waals surface area contributed by atoms with Crippen molar-refractivity contribution in [2.24, 2.45) is 0 Å². The van der Waals surface area contributed by atoms with Gasteiger partial charge in [0.2, 0.25) is 6.54 Å². The highest BCUT2D eigenvalue weighted by atomic mass is 35.7. The molecule has 0 unspecified atom stereocenters. The number of halogens is 1. The maximum Gasteiger partial charge on any atom is 0.209 e. The minimum absolute atomic E-state index is 0.0420. The minimum atomic E-state index is -4.94. The Bertz CT molecular complexity index is 415. The zero-order chi connectivity index (χ0) is 15.1. The first kappa shape index (κ1) is 17.7. The Morgan fingerprint density at radius 3 is 2.21 bits per heavy atom. The third-order valence-electron chi connectivity index (χ3n) is 2.15. The molecule has 0 saturated carbocycles. The van der Waals surface area contributed by atoms with Gasteiger partial charge in [0.1, 0.15) is 0 Å². The molecule has 0 fully saturated rings. The van der Waals surface area contributed by atoms with Crippen LogP contribution in [0.1, 0.15) is 17.7 Å². The van der Waals surface area contributed by atoms with Crippen molar-refractivity contribution < 1.29 is 38.4 Å². The van der Waals surface area contributed by atoms with Crippen molar-refractivity contribution in [3.05, 3.63) is 39.7 Å². The largest absolute Gasteiger partial charge is 0.265 e. The predicted octanol–water partition coefficient (Wildman–Crippen LogP) is -3.50. The zero-order valence-electron chi connectivity index (χ0n) is 10.6. The van der Waals surface area contributed by atoms with E-state index in [2.05, 4.69) is 6.07 Å². The molecule has 0 aromatic carbocycles. The van der Waals surface area contributed by atoms with Gasteiger partial charge >= 0.3 is 0 Å². The van der Waals surface area contributed by atoms with Gasteiger partial charge in [-0.2, -0.15) is 0 Å². The molecule has 0 N–H and O–H groups in total. The Morgan fingerprint density at radius 2 is 1.79 bits per heavy atom. The van der Waals surface area contributed by atoms with Gasteiger partial charge in [-0.3, -0.25) is 10.1 Å². The van der Waals surface area contributed by atoms with Gasteiger partial charge in [-0.15, -0.1) is 10.2 Å². The highest BCUT2D eigenvalue weighted by molar-refractivity contribution is 5.08. The topological polar surface area (TPSA) is 139 Å². The van der Waals surface area contributed by atoms with Gasteiger partial charge < -0.3 is 0 Å². The molecule has 19 heavy (non-hydrogen) atoms. The van der Waals surface area contributed by atoms with Crippen LogP contribution < -0.4 is 23.2 Å². The molecule has 0 aliphatic carbocycles. The lowest BCUT2D eigenvalue weighted by Gasteiger charge is -2.17. The second-order valence-electron chi connectivity index (χ2n) is 3.83. The minimum Gasteiger partial charge on any atom is -0.265 e. The number of pyridine rings is 1. The van der Waals surface area contributed by atoms with Crippen molar-refractivity contribution in [3.63, 3.8) is 0 Å². The summed E-state index contributed by atoms with van der Waals surface area (Å²) in [6.45, 7) is 4.81. The van der Waals surface area contributed by atoms with Crippen LogP contribution >= 0.6 is 0 Å². The fourth-order valence-electron chi connectivity index (χ4n) is 1.41. The summed E-state index contributed by atoms with van der Waals surface area (Å²) in [5.41, 5.74) is 2.36. The average molecular weight is 295 g/mol. The van der Waals surface area contributed by atoms with E-state index in [0.717, 1.165) is 5.69 Å². The van der Waals surface area contributed by atoms with Gasteiger partial charge in [0, 0.05) is 24.0 Å². The van der Waals surface area contributed by atoms with E-state index in [-0.39, 0.29) is 11.5 Å². The van der Waals surface area contributed by atoms with Crippen molar-refractivity contribution in [2.75, 3.05) is 6.54 Å². The fourth-order valence-corrected chi connectivity index (χ4v) is 1.41. The number of nitrogens with zero attached hydrogens (tertiary/aromatic N) is 2. The van der Waals surface area contributed by atoms with E-state index >= 15 is 0 Å². The summed E-state index contributed by atoms with van der Waals surface area (Å²) < 4.78 is 36.0. The lowest BCUT2D eigenvalue weighted by Crippen LogP contribution is -2.68. The Labute approximate surface area is 112 Å². The highest BCUT2D eigenvalue weighted by Crippen LogP contribution is 1.96. The number of hydrogen-bond acceptors (Lipinski definition) is 6. The Kier molecular flexibility index (Phi) is 7.42. The van der Waals surface area contributed by atoms with Crippen LogP contribution in [0.4, 0.5) is 0 Å². The van der Waals surface area contributed by atoms with Crippen LogP contribution in [0.2, 0.25) is 0 Å². The van der Waals surface area contributed by atoms with Crippen molar-refractivity contribution in [1.82, 2.24) is 0 Å². The van der Waals surface area contributed by atoms with Gasteiger partial charge in [-0.25, -0.2) is 23.2 Å². The molecule has 9 heteroatoms. The number of hydrogen-bond donors (Lipinski definition) is 0. The second-order valence-corrected chi connectivity index (χ2v) is 4.58. The van der Waals surface area contributed by atoms with E-state index < -0.39 is 10.2 Å². The van der Waals surface area contributed by atoms with Crippen LogP contribution in [0.25, 0.3) is 0 Å². The second kappa shape index (κ2) is 7.97. The van der Waals surface area contributed by atoms with Crippen LogP contribution in [0.3, 0.4) is 0 Å². The first-order chi connectivity index (χ1) is 8.59. The quantitative estimate of drug-likeness (QED) is 0.321. The first-order valence-corrected chi connectivity index (χ1v) is 6.53. The summed E-state index contributed by atoms with van der Waals surface area (Å²) >= 11 is 0. The molecule has 0 aliphatic heterocycles. The molecular weight excluding hydrogens is 280 g/mol. The van der Waals surface area contributed by atoms with Crippen LogP contribution in [0.15, 0.2) is 18.3 Å². The van der Waals surface area contributed by atoms with Crippen LogP contribution in [0.5, 0.6) is 0 Å². The molecule has 0 saturated heterocycles. The van der Waals surface area contributed by atoms with Gasteiger partial charge in [0.05, 0.1) is 6.42 Å². The molecule has 0 atom stereocenters. The molecule has 1 heterocycles. The van der Waals surface area contributed by atoms with Crippen molar-refractivity contribution in [1.29, 1.82) is 0 Å². The summed E-state index contributed by atoms with van der Waals surface area (Å²) in [6, 6.07) is 4.09. The monoisotopic (exact) mass is 294 g/mol. The molecule has 108 valence electrons. The molecule has 8 nitrogen and oxygen atoms in total. The summed E-state index contributed by atoms with van der Waals surface area (Å²) in [5, 5.41) is 10.1. The SMILES string of the molecule is Cc1cc[n+](CCC[N+](=O)[O-])c(C)c1.[O-][Cl+3]([O-])([O-])[O-]. The van der Waals surface area contributed by atoms with Crippen molar-refractivity contribution in [2.45, 2.75) is 26.8 Å². The number of aromatic nitrogens is 1. The van der Waals surface area contributed by atoms with E-state index in [9.17, 15) is 10.1 Å². The van der Waals surface area contributed by atoms with E-state index in [1.807, 2.05) is 30.7 Å². The summed E-state index contributed by atoms with van der Waals surface area (Å²) in [6.07, 6.45) is 2.56. The molecule has 0 radical (unpaired) electrons. The molecule has 0 bridgehead atoms. The van der Waals surface area contributed by atoms with E-state index in [4.69, 9.17) is 18.6 Å². The molecule has 0 aliphatic rings. The third kappa shape index (κ3) is 11.5. The van der Waals surface area contributed by atoms with Gasteiger partial charge in [-0.1, -0.05) is 0 Å². The van der Waals surface area contributed by atoms with Crippen LogP contribution in [-0.4, -0.2) is 11.5 Å². The molecule has 1 aromatic rings. The molecular formula is C10H15ClN2O6. The third-order valence-corrected chi connectivity index (χ3v) is 2.15. The Balaban J connectivity index is 0.000000555. The zero-order valence-corrected chi connectivity index (χ0v) is 11.3. The number of rotatable bonds is 4. The normalized spacial score (nSPS) is 10.6. The molecule has 1 aromatic heterocycles.